The molecule has 0 unspecified atom stereocenters. The third-order valence-electron chi connectivity index (χ3n) is 4.61. The minimum atomic E-state index is -0.426. The van der Waals surface area contributed by atoms with Gasteiger partial charge < -0.3 is 14.1 Å². The van der Waals surface area contributed by atoms with E-state index in [9.17, 15) is 9.59 Å². The number of hydrogen-bond donors (Lipinski definition) is 0. The lowest BCUT2D eigenvalue weighted by atomic mass is 10.1. The standard InChI is InChI=1S/C19H19N5O4/c1-13-9-17(11-18(25)27-13)28-16-5-7-23(8-6-16)19(26)14-3-2-4-15(10-14)24-12-20-21-22-24/h2-4,9-12,16H,5-8H2,1H3. The maximum atomic E-state index is 12.8. The Bertz CT molecular complexity index is 1020. The predicted molar refractivity (Wildman–Crippen MR) is 98.4 cm³/mol. The first-order valence-corrected chi connectivity index (χ1v) is 8.99. The maximum Gasteiger partial charge on any atom is 0.339 e. The van der Waals surface area contributed by atoms with Gasteiger partial charge in [-0.1, -0.05) is 6.07 Å². The fourth-order valence-corrected chi connectivity index (χ4v) is 3.26. The van der Waals surface area contributed by atoms with E-state index < -0.39 is 5.63 Å². The zero-order chi connectivity index (χ0) is 19.5. The van der Waals surface area contributed by atoms with E-state index in [2.05, 4.69) is 15.5 Å². The van der Waals surface area contributed by atoms with Crippen LogP contribution in [0.1, 0.15) is 29.0 Å². The molecule has 0 radical (unpaired) electrons. The average Bonchev–Trinajstić information content (AvgIpc) is 3.22. The Kier molecular flexibility index (Phi) is 4.88. The third-order valence-corrected chi connectivity index (χ3v) is 4.61. The molecule has 0 aliphatic carbocycles. The van der Waals surface area contributed by atoms with Crippen LogP contribution in [0.15, 0.2) is 51.9 Å². The second-order valence-corrected chi connectivity index (χ2v) is 6.64. The number of hydrogen-bond acceptors (Lipinski definition) is 7. The number of rotatable bonds is 4. The number of aromatic nitrogens is 4. The summed E-state index contributed by atoms with van der Waals surface area (Å²) in [5.74, 6) is 0.981. The molecule has 9 heteroatoms. The van der Waals surface area contributed by atoms with Crippen LogP contribution in [0.3, 0.4) is 0 Å². The van der Waals surface area contributed by atoms with E-state index >= 15 is 0 Å². The summed E-state index contributed by atoms with van der Waals surface area (Å²) in [6.45, 7) is 2.87. The van der Waals surface area contributed by atoms with Gasteiger partial charge in [-0.15, -0.1) is 5.10 Å². The second-order valence-electron chi connectivity index (χ2n) is 6.64. The highest BCUT2D eigenvalue weighted by atomic mass is 16.5. The number of benzene rings is 1. The molecule has 4 rings (SSSR count). The molecule has 9 nitrogen and oxygen atoms in total. The highest BCUT2D eigenvalue weighted by Crippen LogP contribution is 2.20. The Morgan fingerprint density at radius 3 is 2.75 bits per heavy atom. The smallest absolute Gasteiger partial charge is 0.339 e. The molecule has 3 heterocycles. The van der Waals surface area contributed by atoms with Crippen molar-refractivity contribution < 1.29 is 13.9 Å². The molecule has 1 fully saturated rings. The van der Waals surface area contributed by atoms with Crippen molar-refractivity contribution in [2.75, 3.05) is 13.1 Å². The zero-order valence-corrected chi connectivity index (χ0v) is 15.3. The number of carbonyl (C=O) groups is 1. The number of nitrogens with zero attached hydrogens (tertiary/aromatic N) is 5. The quantitative estimate of drug-likeness (QED) is 0.676. The molecule has 2 aromatic heterocycles. The number of amides is 1. The fraction of sp³-hybridized carbons (Fsp3) is 0.316. The van der Waals surface area contributed by atoms with E-state index in [0.717, 1.165) is 5.69 Å². The molecule has 0 spiro atoms. The molecule has 3 aromatic rings. The number of piperidine rings is 1. The van der Waals surface area contributed by atoms with Gasteiger partial charge in [0.1, 0.15) is 23.9 Å². The molecule has 1 aromatic carbocycles. The van der Waals surface area contributed by atoms with Gasteiger partial charge in [-0.25, -0.2) is 9.48 Å². The van der Waals surface area contributed by atoms with Gasteiger partial charge in [0.15, 0.2) is 0 Å². The lowest BCUT2D eigenvalue weighted by Crippen LogP contribution is -2.41. The van der Waals surface area contributed by atoms with Crippen LogP contribution in [-0.4, -0.2) is 50.2 Å². The van der Waals surface area contributed by atoms with Crippen molar-refractivity contribution in [2.45, 2.75) is 25.9 Å². The van der Waals surface area contributed by atoms with Crippen molar-refractivity contribution in [3.8, 4) is 11.4 Å². The molecule has 144 valence electrons. The van der Waals surface area contributed by atoms with E-state index in [0.29, 0.717) is 43.0 Å². The van der Waals surface area contributed by atoms with E-state index in [1.54, 1.807) is 25.1 Å². The molecule has 28 heavy (non-hydrogen) atoms. The van der Waals surface area contributed by atoms with Crippen LogP contribution in [0, 0.1) is 6.92 Å². The third kappa shape index (κ3) is 3.93. The monoisotopic (exact) mass is 381 g/mol. The van der Waals surface area contributed by atoms with Crippen LogP contribution in [0.5, 0.6) is 5.75 Å². The van der Waals surface area contributed by atoms with E-state index in [-0.39, 0.29) is 12.0 Å². The molecule has 0 saturated carbocycles. The highest BCUT2D eigenvalue weighted by Gasteiger charge is 2.25. The molecule has 1 aliphatic rings. The summed E-state index contributed by atoms with van der Waals surface area (Å²) in [5, 5.41) is 11.1. The summed E-state index contributed by atoms with van der Waals surface area (Å²) in [5.41, 5.74) is 0.890. The highest BCUT2D eigenvalue weighted by molar-refractivity contribution is 5.94. The van der Waals surface area contributed by atoms with Crippen LogP contribution in [0.4, 0.5) is 0 Å². The van der Waals surface area contributed by atoms with Gasteiger partial charge in [0.05, 0.1) is 11.8 Å². The van der Waals surface area contributed by atoms with E-state index in [1.807, 2.05) is 17.0 Å². The zero-order valence-electron chi connectivity index (χ0n) is 15.3. The van der Waals surface area contributed by atoms with Crippen molar-refractivity contribution in [1.29, 1.82) is 0 Å². The Labute approximate surface area is 160 Å². The normalized spacial score (nSPS) is 14.8. The summed E-state index contributed by atoms with van der Waals surface area (Å²) in [6, 6.07) is 10.2. The van der Waals surface area contributed by atoms with Crippen molar-refractivity contribution in [3.05, 3.63) is 64.5 Å². The Hall–Kier alpha value is -3.49. The molecule has 1 saturated heterocycles. The maximum absolute atomic E-state index is 12.8. The van der Waals surface area contributed by atoms with Gasteiger partial charge in [-0.3, -0.25) is 4.79 Å². The molecule has 1 amide bonds. The van der Waals surface area contributed by atoms with E-state index in [4.69, 9.17) is 9.15 Å². The van der Waals surface area contributed by atoms with Gasteiger partial charge >= 0.3 is 5.63 Å². The molecular formula is C19H19N5O4. The SMILES string of the molecule is Cc1cc(OC2CCN(C(=O)c3cccc(-n4cnnn4)c3)CC2)cc(=O)o1. The lowest BCUT2D eigenvalue weighted by Gasteiger charge is -2.32. The van der Waals surface area contributed by atoms with Gasteiger partial charge in [-0.05, 0) is 35.5 Å². The van der Waals surface area contributed by atoms with E-state index in [1.165, 1.54) is 17.1 Å². The molecule has 0 N–H and O–H groups in total. The summed E-state index contributed by atoms with van der Waals surface area (Å²) in [7, 11) is 0. The number of carbonyl (C=O) groups excluding carboxylic acids is 1. The van der Waals surface area contributed by atoms with Crippen LogP contribution < -0.4 is 10.4 Å². The number of likely N-dealkylation sites (tertiary alicyclic amines) is 1. The summed E-state index contributed by atoms with van der Waals surface area (Å²) in [6.07, 6.45) is 2.83. The fourth-order valence-electron chi connectivity index (χ4n) is 3.26. The van der Waals surface area contributed by atoms with Crippen molar-refractivity contribution in [3.63, 3.8) is 0 Å². The minimum absolute atomic E-state index is 0.0374. The Balaban J connectivity index is 1.39. The number of ether oxygens (including phenoxy) is 1. The molecule has 0 bridgehead atoms. The second kappa shape index (κ2) is 7.63. The Morgan fingerprint density at radius 1 is 1.21 bits per heavy atom. The number of tetrazole rings is 1. The van der Waals surface area contributed by atoms with Crippen LogP contribution in [0.25, 0.3) is 5.69 Å². The predicted octanol–water partition coefficient (Wildman–Crippen LogP) is 1.61. The summed E-state index contributed by atoms with van der Waals surface area (Å²) >= 11 is 0. The minimum Gasteiger partial charge on any atom is -0.490 e. The van der Waals surface area contributed by atoms with Crippen LogP contribution in [-0.2, 0) is 0 Å². The largest absolute Gasteiger partial charge is 0.490 e. The van der Waals surface area contributed by atoms with Gasteiger partial charge in [0.25, 0.3) is 5.91 Å². The first kappa shape index (κ1) is 17.9. The Morgan fingerprint density at radius 2 is 2.04 bits per heavy atom. The van der Waals surface area contributed by atoms with Gasteiger partial charge in [0.2, 0.25) is 0 Å². The summed E-state index contributed by atoms with van der Waals surface area (Å²) < 4.78 is 12.3. The van der Waals surface area contributed by atoms with Crippen molar-refractivity contribution >= 4 is 5.91 Å². The molecular weight excluding hydrogens is 362 g/mol. The first-order valence-electron chi connectivity index (χ1n) is 8.99. The topological polar surface area (TPSA) is 103 Å². The molecule has 1 aliphatic heterocycles. The number of aryl methyl sites for hydroxylation is 1. The van der Waals surface area contributed by atoms with Crippen LogP contribution in [0.2, 0.25) is 0 Å². The van der Waals surface area contributed by atoms with Crippen LogP contribution >= 0.6 is 0 Å². The first-order chi connectivity index (χ1) is 13.6. The van der Waals surface area contributed by atoms with Gasteiger partial charge in [0, 0.05) is 37.6 Å². The average molecular weight is 381 g/mol. The van der Waals surface area contributed by atoms with Crippen molar-refractivity contribution in [2.24, 2.45) is 0 Å². The molecule has 0 atom stereocenters. The van der Waals surface area contributed by atoms with Crippen molar-refractivity contribution in [1.82, 2.24) is 25.1 Å². The lowest BCUT2D eigenvalue weighted by molar-refractivity contribution is 0.0594. The van der Waals surface area contributed by atoms with Gasteiger partial charge in [-0.2, -0.15) is 0 Å². The summed E-state index contributed by atoms with van der Waals surface area (Å²) in [4.78, 5) is 26.1.